The van der Waals surface area contributed by atoms with Crippen molar-refractivity contribution in [1.82, 2.24) is 20.0 Å². The first-order chi connectivity index (χ1) is 12.5. The Bertz CT molecular complexity index is 836. The Morgan fingerprint density at radius 3 is 2.46 bits per heavy atom. The smallest absolute Gasteiger partial charge is 0.254 e. The fraction of sp³-hybridized carbons (Fsp3) is 0.450. The number of amides is 2. The average Bonchev–Trinajstić information content (AvgIpc) is 3.18. The number of carbonyl (C=O) groups excluding carboxylic acids is 2. The van der Waals surface area contributed by atoms with Gasteiger partial charge in [0, 0.05) is 23.8 Å². The van der Waals surface area contributed by atoms with E-state index in [9.17, 15) is 9.59 Å². The molecule has 4 rings (SSSR count). The molecular weight excluding hydrogens is 328 g/mol. The number of hydrogen-bond donors (Lipinski definition) is 1. The third-order valence-electron chi connectivity index (χ3n) is 5.11. The van der Waals surface area contributed by atoms with Crippen molar-refractivity contribution in [3.63, 3.8) is 0 Å². The number of hydrogen-bond acceptors (Lipinski definition) is 3. The molecule has 26 heavy (non-hydrogen) atoms. The number of likely N-dealkylation sites (tertiary alicyclic amines) is 1. The van der Waals surface area contributed by atoms with Crippen LogP contribution in [0.2, 0.25) is 0 Å². The molecule has 0 radical (unpaired) electrons. The van der Waals surface area contributed by atoms with E-state index in [2.05, 4.69) is 10.4 Å². The van der Waals surface area contributed by atoms with E-state index in [0.717, 1.165) is 42.8 Å². The molecule has 136 valence electrons. The first-order valence-corrected chi connectivity index (χ1v) is 9.28. The maximum atomic E-state index is 12.9. The number of nitrogens with zero attached hydrogens (tertiary/aromatic N) is 3. The lowest BCUT2D eigenvalue weighted by Crippen LogP contribution is -2.46. The summed E-state index contributed by atoms with van der Waals surface area (Å²) in [5.41, 5.74) is 3.56. The van der Waals surface area contributed by atoms with E-state index in [4.69, 9.17) is 0 Å². The molecule has 1 saturated heterocycles. The number of benzene rings is 1. The minimum Gasteiger partial charge on any atom is -0.352 e. The number of nitrogens with one attached hydrogen (secondary N) is 1. The molecule has 2 fully saturated rings. The normalized spacial score (nSPS) is 19.6. The summed E-state index contributed by atoms with van der Waals surface area (Å²) >= 11 is 0. The van der Waals surface area contributed by atoms with Gasteiger partial charge in [0.1, 0.15) is 6.04 Å². The summed E-state index contributed by atoms with van der Waals surface area (Å²) in [6.45, 7) is 4.61. The van der Waals surface area contributed by atoms with Gasteiger partial charge in [-0.15, -0.1) is 0 Å². The highest BCUT2D eigenvalue weighted by atomic mass is 16.2. The third kappa shape index (κ3) is 3.23. The largest absolute Gasteiger partial charge is 0.352 e. The van der Waals surface area contributed by atoms with E-state index in [1.807, 2.05) is 48.9 Å². The minimum absolute atomic E-state index is 0.00221. The molecule has 6 heteroatoms. The summed E-state index contributed by atoms with van der Waals surface area (Å²) in [6.07, 6.45) is 3.73. The molecule has 1 aliphatic heterocycles. The monoisotopic (exact) mass is 352 g/mol. The van der Waals surface area contributed by atoms with Crippen LogP contribution in [0.1, 0.15) is 47.4 Å². The molecule has 1 aromatic carbocycles. The van der Waals surface area contributed by atoms with Crippen LogP contribution in [-0.2, 0) is 4.79 Å². The lowest BCUT2D eigenvalue weighted by atomic mass is 10.1. The van der Waals surface area contributed by atoms with Crippen LogP contribution in [0, 0.1) is 13.8 Å². The van der Waals surface area contributed by atoms with Crippen LogP contribution in [0.5, 0.6) is 0 Å². The summed E-state index contributed by atoms with van der Waals surface area (Å²) in [6, 6.07) is 9.46. The molecule has 2 aliphatic rings. The van der Waals surface area contributed by atoms with Crippen LogP contribution in [0.4, 0.5) is 0 Å². The van der Waals surface area contributed by atoms with E-state index in [0.29, 0.717) is 18.2 Å². The molecule has 1 aliphatic carbocycles. The van der Waals surface area contributed by atoms with E-state index >= 15 is 0 Å². The molecule has 0 spiro atoms. The number of aryl methyl sites for hydroxylation is 2. The highest BCUT2D eigenvalue weighted by Gasteiger charge is 2.36. The number of rotatable bonds is 4. The Morgan fingerprint density at radius 1 is 1.12 bits per heavy atom. The summed E-state index contributed by atoms with van der Waals surface area (Å²) in [7, 11) is 0. The van der Waals surface area contributed by atoms with Gasteiger partial charge in [-0.05, 0) is 69.9 Å². The van der Waals surface area contributed by atoms with E-state index in [1.165, 1.54) is 0 Å². The Balaban J connectivity index is 1.50. The van der Waals surface area contributed by atoms with Crippen molar-refractivity contribution in [3.8, 4) is 5.69 Å². The molecule has 6 nitrogen and oxygen atoms in total. The highest BCUT2D eigenvalue weighted by Crippen LogP contribution is 2.24. The average molecular weight is 352 g/mol. The van der Waals surface area contributed by atoms with Crippen LogP contribution >= 0.6 is 0 Å². The van der Waals surface area contributed by atoms with E-state index in [1.54, 1.807) is 4.90 Å². The van der Waals surface area contributed by atoms with Gasteiger partial charge >= 0.3 is 0 Å². The molecule has 1 saturated carbocycles. The van der Waals surface area contributed by atoms with Crippen molar-refractivity contribution < 1.29 is 9.59 Å². The second-order valence-electron chi connectivity index (χ2n) is 7.33. The van der Waals surface area contributed by atoms with E-state index in [-0.39, 0.29) is 17.9 Å². The molecule has 1 atom stereocenters. The summed E-state index contributed by atoms with van der Waals surface area (Å²) in [5.74, 6) is -0.0732. The Labute approximate surface area is 153 Å². The van der Waals surface area contributed by atoms with Crippen LogP contribution in [0.15, 0.2) is 30.3 Å². The zero-order chi connectivity index (χ0) is 18.3. The Morgan fingerprint density at radius 2 is 1.85 bits per heavy atom. The van der Waals surface area contributed by atoms with Crippen molar-refractivity contribution in [3.05, 3.63) is 47.3 Å². The zero-order valence-electron chi connectivity index (χ0n) is 15.2. The molecule has 0 bridgehead atoms. The van der Waals surface area contributed by atoms with Crippen molar-refractivity contribution in [2.75, 3.05) is 6.54 Å². The van der Waals surface area contributed by atoms with Crippen LogP contribution < -0.4 is 5.32 Å². The van der Waals surface area contributed by atoms with Gasteiger partial charge in [-0.1, -0.05) is 0 Å². The van der Waals surface area contributed by atoms with Crippen molar-refractivity contribution in [2.45, 2.75) is 51.6 Å². The molecule has 2 aromatic rings. The highest BCUT2D eigenvalue weighted by molar-refractivity contribution is 5.98. The maximum absolute atomic E-state index is 12.9. The second kappa shape index (κ2) is 6.59. The molecule has 2 amide bonds. The molecule has 1 aromatic heterocycles. The fourth-order valence-electron chi connectivity index (χ4n) is 3.61. The maximum Gasteiger partial charge on any atom is 0.254 e. The van der Waals surface area contributed by atoms with Gasteiger partial charge < -0.3 is 10.2 Å². The molecule has 0 unspecified atom stereocenters. The molecular formula is C20H24N4O2. The SMILES string of the molecule is Cc1cc(C)n(-c2ccc(C(=O)N3CCC[C@H]3C(=O)NC3CC3)cc2)n1. The quantitative estimate of drug-likeness (QED) is 0.919. The zero-order valence-corrected chi connectivity index (χ0v) is 15.2. The van der Waals surface area contributed by atoms with Crippen molar-refractivity contribution in [1.29, 1.82) is 0 Å². The van der Waals surface area contributed by atoms with E-state index < -0.39 is 0 Å². The second-order valence-corrected chi connectivity index (χ2v) is 7.33. The predicted octanol–water partition coefficient (Wildman–Crippen LogP) is 2.37. The van der Waals surface area contributed by atoms with Gasteiger partial charge in [-0.2, -0.15) is 5.10 Å². The minimum atomic E-state index is -0.334. The van der Waals surface area contributed by atoms with Crippen LogP contribution in [-0.4, -0.2) is 45.1 Å². The number of carbonyl (C=O) groups is 2. The van der Waals surface area contributed by atoms with Gasteiger partial charge in [0.15, 0.2) is 0 Å². The van der Waals surface area contributed by atoms with Gasteiger partial charge in [-0.25, -0.2) is 4.68 Å². The summed E-state index contributed by atoms with van der Waals surface area (Å²) in [5, 5.41) is 7.50. The van der Waals surface area contributed by atoms with Gasteiger partial charge in [0.2, 0.25) is 5.91 Å². The van der Waals surface area contributed by atoms with Gasteiger partial charge in [0.05, 0.1) is 11.4 Å². The lowest BCUT2D eigenvalue weighted by molar-refractivity contribution is -0.125. The molecule has 1 N–H and O–H groups in total. The van der Waals surface area contributed by atoms with Gasteiger partial charge in [-0.3, -0.25) is 9.59 Å². The summed E-state index contributed by atoms with van der Waals surface area (Å²) in [4.78, 5) is 27.0. The molecule has 2 heterocycles. The number of aromatic nitrogens is 2. The summed E-state index contributed by atoms with van der Waals surface area (Å²) < 4.78 is 1.87. The predicted molar refractivity (Wildman–Crippen MR) is 98.3 cm³/mol. The Kier molecular flexibility index (Phi) is 4.26. The topological polar surface area (TPSA) is 67.2 Å². The lowest BCUT2D eigenvalue weighted by Gasteiger charge is -2.24. The van der Waals surface area contributed by atoms with Gasteiger partial charge in [0.25, 0.3) is 5.91 Å². The van der Waals surface area contributed by atoms with Crippen LogP contribution in [0.25, 0.3) is 5.69 Å². The van der Waals surface area contributed by atoms with Crippen molar-refractivity contribution >= 4 is 11.8 Å². The first kappa shape index (κ1) is 16.8. The standard InChI is InChI=1S/C20H24N4O2/c1-13-12-14(2)24(22-13)17-9-5-15(6-10-17)20(26)23-11-3-4-18(23)19(25)21-16-7-8-16/h5-6,9-10,12,16,18H,3-4,7-8,11H2,1-2H3,(H,21,25)/t18-/m0/s1. The van der Waals surface area contributed by atoms with Crippen molar-refractivity contribution in [2.24, 2.45) is 0 Å². The Hall–Kier alpha value is -2.63. The third-order valence-corrected chi connectivity index (χ3v) is 5.11. The fourth-order valence-corrected chi connectivity index (χ4v) is 3.61. The first-order valence-electron chi connectivity index (χ1n) is 9.28. The van der Waals surface area contributed by atoms with Crippen LogP contribution in [0.3, 0.4) is 0 Å².